The summed E-state index contributed by atoms with van der Waals surface area (Å²) in [5.74, 6) is 1.53. The summed E-state index contributed by atoms with van der Waals surface area (Å²) < 4.78 is 13.5. The molecule has 2 aromatic carbocycles. The number of hydrogen-bond donors (Lipinski definition) is 1. The second-order valence-electron chi connectivity index (χ2n) is 4.67. The van der Waals surface area contributed by atoms with Crippen LogP contribution in [0.3, 0.4) is 0 Å². The Bertz CT molecular complexity index is 873. The number of phenolic OH excluding ortho intramolecular Hbond substituents is 1. The number of halogens is 1. The summed E-state index contributed by atoms with van der Waals surface area (Å²) >= 11 is 2.99. The molecule has 0 fully saturated rings. The van der Waals surface area contributed by atoms with Crippen molar-refractivity contribution in [1.82, 2.24) is 9.97 Å². The fourth-order valence-electron chi connectivity index (χ4n) is 2.15. The van der Waals surface area contributed by atoms with Crippen molar-refractivity contribution in [3.8, 4) is 17.2 Å². The number of fused-ring (bicyclic) bond motifs is 1. The molecule has 23 heavy (non-hydrogen) atoms. The molecule has 1 heterocycles. The average molecular weight is 436 g/mol. The molecule has 3 aromatic rings. The molecule has 5 nitrogen and oxygen atoms in total. The molecule has 117 valence electrons. The summed E-state index contributed by atoms with van der Waals surface area (Å²) in [6, 6.07) is 9.28. The molecule has 3 rings (SSSR count). The predicted octanol–water partition coefficient (Wildman–Crippen LogP) is 1.77. The summed E-state index contributed by atoms with van der Waals surface area (Å²) in [5, 5.41) is 10.6. The van der Waals surface area contributed by atoms with E-state index < -0.39 is 0 Å². The third kappa shape index (κ3) is 3.28. The minimum atomic E-state index is -0.355. The number of benzene rings is 2. The number of nitrogens with zero attached hydrogens (tertiary/aromatic N) is 2. The zero-order chi connectivity index (χ0) is 16.4. The quantitative estimate of drug-likeness (QED) is 0.632. The van der Waals surface area contributed by atoms with Gasteiger partial charge in [-0.05, 0) is 0 Å². The third-order valence-corrected chi connectivity index (χ3v) is 6.24. The zero-order valence-corrected chi connectivity index (χ0v) is 15.9. The molecule has 1 N–H and O–H groups in total. The van der Waals surface area contributed by atoms with Gasteiger partial charge >= 0.3 is 149 Å². The van der Waals surface area contributed by atoms with E-state index in [1.54, 1.807) is 26.6 Å². The first-order valence-corrected chi connectivity index (χ1v) is 9.36. The molecule has 0 saturated heterocycles. The molecule has 1 radical (unpaired) electrons. The molecule has 7 heteroatoms. The van der Waals surface area contributed by atoms with Gasteiger partial charge in [0, 0.05) is 0 Å². The van der Waals surface area contributed by atoms with Crippen LogP contribution in [0.4, 0.5) is 0 Å². The Morgan fingerprint density at radius 3 is 2.48 bits per heavy atom. The number of phenols is 1. The SMILES string of the molecule is COc1cc2ncnc([As]c3ccc(O)c(Br)c3)c2cc1OC. The monoisotopic (exact) mass is 435 g/mol. The van der Waals surface area contributed by atoms with E-state index in [9.17, 15) is 5.11 Å². The van der Waals surface area contributed by atoms with E-state index in [0.29, 0.717) is 16.0 Å². The summed E-state index contributed by atoms with van der Waals surface area (Å²) in [6.45, 7) is 0. The normalized spacial score (nSPS) is 11.3. The van der Waals surface area contributed by atoms with Crippen molar-refractivity contribution in [3.63, 3.8) is 0 Å². The van der Waals surface area contributed by atoms with Gasteiger partial charge in [-0.15, -0.1) is 0 Å². The predicted molar refractivity (Wildman–Crippen MR) is 93.5 cm³/mol. The van der Waals surface area contributed by atoms with Crippen LogP contribution < -0.4 is 18.3 Å². The third-order valence-electron chi connectivity index (χ3n) is 3.29. The first-order chi connectivity index (χ1) is 11.1. The van der Waals surface area contributed by atoms with Gasteiger partial charge in [0.15, 0.2) is 0 Å². The second kappa shape index (κ2) is 6.77. The van der Waals surface area contributed by atoms with Gasteiger partial charge in [-0.1, -0.05) is 0 Å². The molecule has 0 spiro atoms. The van der Waals surface area contributed by atoms with E-state index in [-0.39, 0.29) is 21.5 Å². The van der Waals surface area contributed by atoms with Gasteiger partial charge in [0.25, 0.3) is 0 Å². The maximum atomic E-state index is 9.62. The van der Waals surface area contributed by atoms with Gasteiger partial charge in [0.05, 0.1) is 0 Å². The first-order valence-electron chi connectivity index (χ1n) is 6.69. The Labute approximate surface area is 148 Å². The molecule has 0 aliphatic rings. The first kappa shape index (κ1) is 16.1. The van der Waals surface area contributed by atoms with Crippen molar-refractivity contribution in [3.05, 3.63) is 41.1 Å². The van der Waals surface area contributed by atoms with Crippen LogP contribution >= 0.6 is 15.9 Å². The molecule has 0 saturated carbocycles. The van der Waals surface area contributed by atoms with Gasteiger partial charge in [0.2, 0.25) is 0 Å². The number of hydrogen-bond acceptors (Lipinski definition) is 5. The molecule has 0 unspecified atom stereocenters. The van der Waals surface area contributed by atoms with Gasteiger partial charge in [-0.3, -0.25) is 0 Å². The molecule has 1 aromatic heterocycles. The van der Waals surface area contributed by atoms with E-state index in [1.807, 2.05) is 24.3 Å². The number of aromatic nitrogens is 2. The molecular weight excluding hydrogens is 423 g/mol. The summed E-state index contributed by atoms with van der Waals surface area (Å²) in [4.78, 5) is 8.76. The van der Waals surface area contributed by atoms with Gasteiger partial charge < -0.3 is 0 Å². The number of methoxy groups -OCH3 is 2. The van der Waals surface area contributed by atoms with Crippen molar-refractivity contribution in [1.29, 1.82) is 0 Å². The van der Waals surface area contributed by atoms with Crippen molar-refractivity contribution in [2.24, 2.45) is 0 Å². The van der Waals surface area contributed by atoms with E-state index in [4.69, 9.17) is 9.47 Å². The number of aromatic hydroxyl groups is 1. The van der Waals surface area contributed by atoms with E-state index >= 15 is 0 Å². The van der Waals surface area contributed by atoms with E-state index in [0.717, 1.165) is 19.7 Å². The Kier molecular flexibility index (Phi) is 4.73. The van der Waals surface area contributed by atoms with E-state index in [2.05, 4.69) is 25.9 Å². The molecule has 0 aliphatic heterocycles. The Morgan fingerprint density at radius 1 is 1.04 bits per heavy atom. The van der Waals surface area contributed by atoms with Crippen LogP contribution in [0.1, 0.15) is 0 Å². The van der Waals surface area contributed by atoms with Crippen LogP contribution in [0.15, 0.2) is 41.1 Å². The van der Waals surface area contributed by atoms with Crippen LogP contribution in [0.2, 0.25) is 0 Å². The van der Waals surface area contributed by atoms with Crippen molar-refractivity contribution >= 4 is 51.4 Å². The second-order valence-corrected chi connectivity index (χ2v) is 7.96. The maximum absolute atomic E-state index is 9.62. The van der Waals surface area contributed by atoms with Crippen LogP contribution in [0.25, 0.3) is 10.9 Å². The molecule has 0 amide bonds. The zero-order valence-electron chi connectivity index (χ0n) is 12.4. The van der Waals surface area contributed by atoms with Crippen LogP contribution in [0, 0.1) is 0 Å². The van der Waals surface area contributed by atoms with Crippen molar-refractivity contribution in [2.75, 3.05) is 14.2 Å². The van der Waals surface area contributed by atoms with Crippen molar-refractivity contribution < 1.29 is 14.6 Å². The summed E-state index contributed by atoms with van der Waals surface area (Å²) in [7, 11) is 3.21. The molecule has 0 bridgehead atoms. The molecular formula is C16H13AsBrN2O3. The Hall–Kier alpha value is -1.78. The molecule has 0 atom stereocenters. The standard InChI is InChI=1S/C16H13AsBrN2O3/c1-22-14-6-10-12(7-15(14)23-2)19-8-20-16(10)17-9-3-4-13(21)11(18)5-9/h3-8,21H,1-2H3. The van der Waals surface area contributed by atoms with Gasteiger partial charge in [-0.25, -0.2) is 0 Å². The molecule has 0 aliphatic carbocycles. The average Bonchev–Trinajstić information content (AvgIpc) is 2.57. The number of ether oxygens (including phenoxy) is 2. The van der Waals surface area contributed by atoms with Gasteiger partial charge in [0.1, 0.15) is 0 Å². The summed E-state index contributed by atoms with van der Waals surface area (Å²) in [5.41, 5.74) is 0.820. The van der Waals surface area contributed by atoms with Gasteiger partial charge in [-0.2, -0.15) is 0 Å². The fraction of sp³-hybridized carbons (Fsp3) is 0.125. The minimum absolute atomic E-state index is 0.230. The summed E-state index contributed by atoms with van der Waals surface area (Å²) in [6.07, 6.45) is 1.56. The van der Waals surface area contributed by atoms with Crippen LogP contribution in [0.5, 0.6) is 17.2 Å². The topological polar surface area (TPSA) is 64.5 Å². The van der Waals surface area contributed by atoms with Crippen molar-refractivity contribution in [2.45, 2.75) is 0 Å². The number of rotatable bonds is 4. The van der Waals surface area contributed by atoms with Crippen LogP contribution in [-0.4, -0.2) is 45.0 Å². The fourth-order valence-corrected chi connectivity index (χ4v) is 5.00. The Morgan fingerprint density at radius 2 is 1.78 bits per heavy atom. The Balaban J connectivity index is 2.08. The van der Waals surface area contributed by atoms with Crippen LogP contribution in [-0.2, 0) is 0 Å². The van der Waals surface area contributed by atoms with E-state index in [1.165, 1.54) is 0 Å².